The maximum Gasteiger partial charge on any atom is 0.160 e. The van der Waals surface area contributed by atoms with E-state index in [2.05, 4.69) is 21.0 Å². The molecule has 1 aliphatic rings. The molecule has 0 saturated carbocycles. The lowest BCUT2D eigenvalue weighted by atomic mass is 10.4. The Balaban J connectivity index is 2.50. The summed E-state index contributed by atoms with van der Waals surface area (Å²) in [7, 11) is 0. The summed E-state index contributed by atoms with van der Waals surface area (Å²) in [4.78, 5) is 0. The molecule has 11 heavy (non-hydrogen) atoms. The number of aromatic nitrogens is 2. The molecule has 1 aliphatic heterocycles. The van der Waals surface area contributed by atoms with E-state index in [1.54, 1.807) is 0 Å². The second kappa shape index (κ2) is 2.49. The Morgan fingerprint density at radius 2 is 2.45 bits per heavy atom. The molecule has 1 aromatic rings. The number of rotatable bonds is 0. The van der Waals surface area contributed by atoms with Crippen molar-refractivity contribution in [3.05, 3.63) is 10.2 Å². The molecule has 0 amide bonds. The van der Waals surface area contributed by atoms with Crippen LogP contribution < -0.4 is 5.73 Å². The number of nitrogens with zero attached hydrogens (tertiary/aromatic N) is 2. The predicted molar refractivity (Wildman–Crippen MR) is 44.0 cm³/mol. The van der Waals surface area contributed by atoms with Crippen LogP contribution in [0.1, 0.15) is 5.69 Å². The van der Waals surface area contributed by atoms with E-state index >= 15 is 0 Å². The summed E-state index contributed by atoms with van der Waals surface area (Å²) in [6.07, 6.45) is 0. The van der Waals surface area contributed by atoms with Crippen LogP contribution in [0.2, 0.25) is 0 Å². The molecule has 5 heteroatoms. The van der Waals surface area contributed by atoms with Gasteiger partial charge in [-0.25, -0.2) is 0 Å². The quantitative estimate of drug-likeness (QED) is 0.699. The van der Waals surface area contributed by atoms with Gasteiger partial charge in [-0.15, -0.1) is 0 Å². The van der Waals surface area contributed by atoms with Gasteiger partial charge in [0.05, 0.1) is 29.9 Å². The highest BCUT2D eigenvalue weighted by atomic mass is 79.9. The maximum atomic E-state index is 5.59. The Bertz CT molecular complexity index is 284. The van der Waals surface area contributed by atoms with Crippen molar-refractivity contribution in [3.8, 4) is 0 Å². The lowest BCUT2D eigenvalue weighted by Crippen LogP contribution is -2.17. The second-order valence-corrected chi connectivity index (χ2v) is 3.21. The van der Waals surface area contributed by atoms with Crippen molar-refractivity contribution in [2.45, 2.75) is 13.2 Å². The summed E-state index contributed by atoms with van der Waals surface area (Å²) in [6, 6.07) is 0. The molecule has 0 bridgehead atoms. The molecule has 2 heterocycles. The lowest BCUT2D eigenvalue weighted by molar-refractivity contribution is 0.0796. The molecular formula is C6H8BrN3O. The number of nitrogen functional groups attached to an aromatic ring is 1. The Kier molecular flexibility index (Phi) is 1.61. The first-order chi connectivity index (χ1) is 5.29. The van der Waals surface area contributed by atoms with Crippen LogP contribution in [0, 0.1) is 0 Å². The van der Waals surface area contributed by atoms with Gasteiger partial charge < -0.3 is 10.5 Å². The zero-order valence-electron chi connectivity index (χ0n) is 5.88. The number of halogens is 1. The lowest BCUT2D eigenvalue weighted by Gasteiger charge is -2.13. The van der Waals surface area contributed by atoms with Crippen LogP contribution in [0.4, 0.5) is 5.82 Å². The Morgan fingerprint density at radius 3 is 3.18 bits per heavy atom. The fraction of sp³-hybridized carbons (Fsp3) is 0.500. The summed E-state index contributed by atoms with van der Waals surface area (Å²) in [5, 5.41) is 4.12. The summed E-state index contributed by atoms with van der Waals surface area (Å²) >= 11 is 3.35. The highest BCUT2D eigenvalue weighted by Gasteiger charge is 2.16. The van der Waals surface area contributed by atoms with Crippen LogP contribution in [-0.2, 0) is 17.9 Å². The predicted octanol–water partition coefficient (Wildman–Crippen LogP) is 0.758. The van der Waals surface area contributed by atoms with Gasteiger partial charge in [0.15, 0.2) is 5.82 Å². The van der Waals surface area contributed by atoms with Crippen molar-refractivity contribution in [1.82, 2.24) is 9.78 Å². The van der Waals surface area contributed by atoms with Crippen molar-refractivity contribution in [2.24, 2.45) is 0 Å². The number of ether oxygens (including phenoxy) is 1. The van der Waals surface area contributed by atoms with Crippen LogP contribution >= 0.6 is 15.9 Å². The normalized spacial score (nSPS) is 16.5. The minimum atomic E-state index is 0.547. The molecule has 0 aliphatic carbocycles. The van der Waals surface area contributed by atoms with Gasteiger partial charge in [-0.1, -0.05) is 0 Å². The Hall–Kier alpha value is -0.550. The third kappa shape index (κ3) is 1.04. The molecule has 0 aromatic carbocycles. The van der Waals surface area contributed by atoms with Crippen LogP contribution in [0.15, 0.2) is 4.47 Å². The highest BCUT2D eigenvalue weighted by molar-refractivity contribution is 9.10. The third-order valence-corrected chi connectivity index (χ3v) is 2.57. The molecular weight excluding hydrogens is 210 g/mol. The summed E-state index contributed by atoms with van der Waals surface area (Å²) in [6.45, 7) is 2.12. The van der Waals surface area contributed by atoms with Gasteiger partial charge in [0.1, 0.15) is 0 Å². The van der Waals surface area contributed by atoms with Crippen LogP contribution in [-0.4, -0.2) is 16.4 Å². The average Bonchev–Trinajstić information content (AvgIpc) is 2.30. The van der Waals surface area contributed by atoms with Gasteiger partial charge in [0.2, 0.25) is 0 Å². The van der Waals surface area contributed by atoms with Gasteiger partial charge in [0, 0.05) is 0 Å². The molecule has 0 spiro atoms. The molecule has 4 nitrogen and oxygen atoms in total. The fourth-order valence-electron chi connectivity index (χ4n) is 1.14. The summed E-state index contributed by atoms with van der Waals surface area (Å²) in [5.41, 5.74) is 6.62. The van der Waals surface area contributed by atoms with Crippen molar-refractivity contribution in [1.29, 1.82) is 0 Å². The largest absolute Gasteiger partial charge is 0.381 e. The average molecular weight is 218 g/mol. The van der Waals surface area contributed by atoms with Crippen molar-refractivity contribution >= 4 is 21.7 Å². The first-order valence-corrected chi connectivity index (χ1v) is 4.17. The van der Waals surface area contributed by atoms with Crippen LogP contribution in [0.3, 0.4) is 0 Å². The topological polar surface area (TPSA) is 53.1 Å². The number of hydrogen-bond donors (Lipinski definition) is 1. The van der Waals surface area contributed by atoms with Gasteiger partial charge in [-0.3, -0.25) is 4.68 Å². The van der Waals surface area contributed by atoms with Crippen LogP contribution in [0.5, 0.6) is 0 Å². The van der Waals surface area contributed by atoms with Crippen molar-refractivity contribution in [3.63, 3.8) is 0 Å². The first kappa shape index (κ1) is 7.12. The van der Waals surface area contributed by atoms with Gasteiger partial charge >= 0.3 is 0 Å². The SMILES string of the molecule is Nc1nn2c(c1Br)COCC2. The fourth-order valence-corrected chi connectivity index (χ4v) is 1.54. The van der Waals surface area contributed by atoms with E-state index in [0.717, 1.165) is 23.3 Å². The van der Waals surface area contributed by atoms with Crippen molar-refractivity contribution < 1.29 is 4.74 Å². The number of nitrogens with two attached hydrogens (primary N) is 1. The van der Waals surface area contributed by atoms with E-state index in [1.807, 2.05) is 4.68 Å². The maximum absolute atomic E-state index is 5.59. The molecule has 0 fully saturated rings. The molecule has 0 unspecified atom stereocenters. The van der Waals surface area contributed by atoms with E-state index < -0.39 is 0 Å². The third-order valence-electron chi connectivity index (χ3n) is 1.70. The van der Waals surface area contributed by atoms with E-state index in [-0.39, 0.29) is 0 Å². The van der Waals surface area contributed by atoms with Gasteiger partial charge in [-0.05, 0) is 15.9 Å². The number of fused-ring (bicyclic) bond motifs is 1. The molecule has 2 N–H and O–H groups in total. The van der Waals surface area contributed by atoms with Gasteiger partial charge in [-0.2, -0.15) is 5.10 Å². The highest BCUT2D eigenvalue weighted by Crippen LogP contribution is 2.25. The Labute approximate surface area is 72.4 Å². The molecule has 0 saturated heterocycles. The molecule has 60 valence electrons. The minimum Gasteiger partial charge on any atom is -0.381 e. The van der Waals surface area contributed by atoms with Crippen LogP contribution in [0.25, 0.3) is 0 Å². The summed E-state index contributed by atoms with van der Waals surface area (Å²) < 4.78 is 7.99. The smallest absolute Gasteiger partial charge is 0.160 e. The number of anilines is 1. The zero-order valence-corrected chi connectivity index (χ0v) is 7.47. The first-order valence-electron chi connectivity index (χ1n) is 3.37. The van der Waals surface area contributed by atoms with E-state index in [9.17, 15) is 0 Å². The number of hydrogen-bond acceptors (Lipinski definition) is 3. The minimum absolute atomic E-state index is 0.547. The van der Waals surface area contributed by atoms with E-state index in [1.165, 1.54) is 0 Å². The molecule has 0 atom stereocenters. The van der Waals surface area contributed by atoms with Crippen molar-refractivity contribution in [2.75, 3.05) is 12.3 Å². The van der Waals surface area contributed by atoms with Gasteiger partial charge in [0.25, 0.3) is 0 Å². The van der Waals surface area contributed by atoms with E-state index in [0.29, 0.717) is 12.4 Å². The monoisotopic (exact) mass is 217 g/mol. The Morgan fingerprint density at radius 1 is 1.64 bits per heavy atom. The molecule has 2 rings (SSSR count). The molecule has 0 radical (unpaired) electrons. The summed E-state index contributed by atoms with van der Waals surface area (Å²) in [5.74, 6) is 0.547. The molecule has 1 aromatic heterocycles. The zero-order chi connectivity index (χ0) is 7.84. The second-order valence-electron chi connectivity index (χ2n) is 2.42. The standard InChI is InChI=1S/C6H8BrN3O/c7-5-4-3-11-2-1-10(4)9-6(5)8/h1-3H2,(H2,8,9). The van der Waals surface area contributed by atoms with E-state index in [4.69, 9.17) is 10.5 Å².